The summed E-state index contributed by atoms with van der Waals surface area (Å²) < 4.78 is 0. The lowest BCUT2D eigenvalue weighted by molar-refractivity contribution is -0.162. The number of Topliss-reactive ketones (excluding diaryl/α,β-unsaturated/α-hetero) is 2. The average Bonchev–Trinajstić information content (AvgIpc) is 2.84. The summed E-state index contributed by atoms with van der Waals surface area (Å²) in [6, 6.07) is 0. The molecule has 4 rings (SSSR count). The van der Waals surface area contributed by atoms with Crippen LogP contribution < -0.4 is 0 Å². The van der Waals surface area contributed by atoms with Crippen LogP contribution in [-0.4, -0.2) is 22.8 Å². The van der Waals surface area contributed by atoms with E-state index in [1.54, 1.807) is 6.92 Å². The van der Waals surface area contributed by atoms with E-state index < -0.39 is 0 Å². The standard InChI is InChI=1S/C21H32O3/c1-12(22)16-6-7-17-15-5-4-13-10-14(23)8-9-20(13,2)19(15)18(24)11-21(16,17)3/h13-17,19,23H,4-11H2,1-3H3/t13-,14+,15-,16+,17-,19+,20-,21-/m0/s1. The number of ketones is 2. The minimum atomic E-state index is -0.169. The van der Waals surface area contributed by atoms with Gasteiger partial charge in [0.25, 0.3) is 0 Å². The fourth-order valence-corrected chi connectivity index (χ4v) is 7.72. The smallest absolute Gasteiger partial charge is 0.137 e. The topological polar surface area (TPSA) is 54.4 Å². The molecule has 4 fully saturated rings. The first kappa shape index (κ1) is 16.8. The molecular formula is C21H32O3. The number of rotatable bonds is 1. The van der Waals surface area contributed by atoms with Crippen LogP contribution in [0, 0.1) is 40.4 Å². The first-order valence-electron chi connectivity index (χ1n) is 9.98. The number of hydrogen-bond donors (Lipinski definition) is 1. The number of aliphatic hydroxyl groups is 1. The van der Waals surface area contributed by atoms with E-state index in [1.165, 1.54) is 0 Å². The number of fused-ring (bicyclic) bond motifs is 5. The molecule has 0 bridgehead atoms. The van der Waals surface area contributed by atoms with Gasteiger partial charge in [0.2, 0.25) is 0 Å². The van der Waals surface area contributed by atoms with Gasteiger partial charge in [0, 0.05) is 18.3 Å². The monoisotopic (exact) mass is 332 g/mol. The van der Waals surface area contributed by atoms with Crippen molar-refractivity contribution in [2.24, 2.45) is 40.4 Å². The van der Waals surface area contributed by atoms with E-state index >= 15 is 0 Å². The van der Waals surface area contributed by atoms with Crippen molar-refractivity contribution in [1.82, 2.24) is 0 Å². The Hall–Kier alpha value is -0.700. The van der Waals surface area contributed by atoms with Crippen LogP contribution in [0.1, 0.15) is 72.1 Å². The average molecular weight is 332 g/mol. The fraction of sp³-hybridized carbons (Fsp3) is 0.905. The summed E-state index contributed by atoms with van der Waals surface area (Å²) >= 11 is 0. The van der Waals surface area contributed by atoms with Gasteiger partial charge in [-0.1, -0.05) is 13.8 Å². The first-order chi connectivity index (χ1) is 11.3. The Kier molecular flexibility index (Phi) is 3.77. The molecule has 3 heteroatoms. The lowest BCUT2D eigenvalue weighted by atomic mass is 9.44. The van der Waals surface area contributed by atoms with Gasteiger partial charge in [-0.15, -0.1) is 0 Å². The highest BCUT2D eigenvalue weighted by Crippen LogP contribution is 2.66. The van der Waals surface area contributed by atoms with Gasteiger partial charge >= 0.3 is 0 Å². The second kappa shape index (κ2) is 5.40. The van der Waals surface area contributed by atoms with Crippen molar-refractivity contribution in [3.05, 3.63) is 0 Å². The number of hydrogen-bond acceptors (Lipinski definition) is 3. The van der Waals surface area contributed by atoms with Crippen molar-refractivity contribution in [2.45, 2.75) is 78.2 Å². The third-order valence-corrected chi connectivity index (χ3v) is 8.81. The Labute approximate surface area is 145 Å². The van der Waals surface area contributed by atoms with Gasteiger partial charge in [-0.25, -0.2) is 0 Å². The van der Waals surface area contributed by atoms with Crippen LogP contribution in [-0.2, 0) is 9.59 Å². The van der Waals surface area contributed by atoms with Gasteiger partial charge in [-0.2, -0.15) is 0 Å². The molecule has 4 saturated carbocycles. The van der Waals surface area contributed by atoms with Gasteiger partial charge in [-0.05, 0) is 80.5 Å². The maximum atomic E-state index is 13.3. The normalized spacial score (nSPS) is 53.9. The first-order valence-corrected chi connectivity index (χ1v) is 9.98. The molecule has 3 nitrogen and oxygen atoms in total. The van der Waals surface area contributed by atoms with Gasteiger partial charge < -0.3 is 5.11 Å². The molecule has 0 heterocycles. The Morgan fingerprint density at radius 1 is 1.08 bits per heavy atom. The Morgan fingerprint density at radius 3 is 2.54 bits per heavy atom. The van der Waals surface area contributed by atoms with E-state index in [-0.39, 0.29) is 34.6 Å². The van der Waals surface area contributed by atoms with Crippen molar-refractivity contribution in [3.8, 4) is 0 Å². The van der Waals surface area contributed by atoms with Crippen LogP contribution in [0.5, 0.6) is 0 Å². The van der Waals surface area contributed by atoms with E-state index in [4.69, 9.17) is 0 Å². The second-order valence-electron chi connectivity index (χ2n) is 9.85. The molecule has 0 unspecified atom stereocenters. The molecule has 0 amide bonds. The molecule has 24 heavy (non-hydrogen) atoms. The van der Waals surface area contributed by atoms with E-state index in [1.807, 2.05) is 0 Å². The quantitative estimate of drug-likeness (QED) is 0.795. The van der Waals surface area contributed by atoms with E-state index in [0.717, 1.165) is 44.9 Å². The highest BCUT2D eigenvalue weighted by molar-refractivity contribution is 5.87. The van der Waals surface area contributed by atoms with E-state index in [9.17, 15) is 14.7 Å². The third-order valence-electron chi connectivity index (χ3n) is 8.81. The van der Waals surface area contributed by atoms with E-state index in [2.05, 4.69) is 13.8 Å². The molecule has 8 atom stereocenters. The molecule has 4 aliphatic carbocycles. The zero-order valence-electron chi connectivity index (χ0n) is 15.4. The summed E-state index contributed by atoms with van der Waals surface area (Å²) in [6.07, 6.45) is 7.53. The lowest BCUT2D eigenvalue weighted by Crippen LogP contribution is -2.58. The van der Waals surface area contributed by atoms with Crippen molar-refractivity contribution in [2.75, 3.05) is 0 Å². The maximum Gasteiger partial charge on any atom is 0.137 e. The summed E-state index contributed by atoms with van der Waals surface area (Å²) in [6.45, 7) is 6.28. The largest absolute Gasteiger partial charge is 0.393 e. The molecule has 0 spiro atoms. The van der Waals surface area contributed by atoms with Crippen molar-refractivity contribution < 1.29 is 14.7 Å². The molecular weight excluding hydrogens is 300 g/mol. The Balaban J connectivity index is 1.68. The van der Waals surface area contributed by atoms with Crippen LogP contribution >= 0.6 is 0 Å². The summed E-state index contributed by atoms with van der Waals surface area (Å²) in [4.78, 5) is 25.5. The molecule has 0 saturated heterocycles. The third kappa shape index (κ3) is 2.12. The van der Waals surface area contributed by atoms with Crippen molar-refractivity contribution in [3.63, 3.8) is 0 Å². The highest BCUT2D eigenvalue weighted by atomic mass is 16.3. The van der Waals surface area contributed by atoms with E-state index in [0.29, 0.717) is 30.0 Å². The highest BCUT2D eigenvalue weighted by Gasteiger charge is 2.63. The predicted molar refractivity (Wildman–Crippen MR) is 92.3 cm³/mol. The second-order valence-corrected chi connectivity index (χ2v) is 9.85. The van der Waals surface area contributed by atoms with Crippen LogP contribution in [0.25, 0.3) is 0 Å². The van der Waals surface area contributed by atoms with Crippen LogP contribution in [0.15, 0.2) is 0 Å². The molecule has 0 aromatic rings. The minimum absolute atomic E-state index is 0.0782. The van der Waals surface area contributed by atoms with Gasteiger partial charge in [0.05, 0.1) is 6.10 Å². The van der Waals surface area contributed by atoms with Gasteiger partial charge in [0.15, 0.2) is 0 Å². The molecule has 1 N–H and O–H groups in total. The maximum absolute atomic E-state index is 13.3. The summed E-state index contributed by atoms with van der Waals surface area (Å²) in [5, 5.41) is 10.1. The fourth-order valence-electron chi connectivity index (χ4n) is 7.72. The zero-order valence-corrected chi connectivity index (χ0v) is 15.4. The molecule has 0 aliphatic heterocycles. The zero-order chi connectivity index (χ0) is 17.3. The van der Waals surface area contributed by atoms with Crippen LogP contribution in [0.2, 0.25) is 0 Å². The molecule has 0 aromatic heterocycles. The Morgan fingerprint density at radius 2 is 1.83 bits per heavy atom. The summed E-state index contributed by atoms with van der Waals surface area (Å²) in [7, 11) is 0. The molecule has 134 valence electrons. The summed E-state index contributed by atoms with van der Waals surface area (Å²) in [5.74, 6) is 2.48. The Bertz CT molecular complexity index is 569. The molecule has 4 aliphatic rings. The molecule has 0 radical (unpaired) electrons. The lowest BCUT2D eigenvalue weighted by Gasteiger charge is -2.59. The van der Waals surface area contributed by atoms with Crippen LogP contribution in [0.3, 0.4) is 0 Å². The number of carbonyl (C=O) groups excluding carboxylic acids is 2. The van der Waals surface area contributed by atoms with Gasteiger partial charge in [-0.3, -0.25) is 9.59 Å². The van der Waals surface area contributed by atoms with Gasteiger partial charge in [0.1, 0.15) is 11.6 Å². The minimum Gasteiger partial charge on any atom is -0.393 e. The number of aliphatic hydroxyl groups excluding tert-OH is 1. The number of carbonyl (C=O) groups is 2. The van der Waals surface area contributed by atoms with Crippen molar-refractivity contribution in [1.29, 1.82) is 0 Å². The molecule has 0 aromatic carbocycles. The SMILES string of the molecule is CC(=O)[C@H]1CC[C@H]2[C@@H]3CC[C@H]4C[C@H](O)CC[C@]4(C)[C@H]3C(=O)C[C@@]12C. The van der Waals surface area contributed by atoms with Crippen LogP contribution in [0.4, 0.5) is 0 Å². The summed E-state index contributed by atoms with van der Waals surface area (Å²) in [5.41, 5.74) is -0.0175. The predicted octanol–water partition coefficient (Wildman–Crippen LogP) is 3.77. The van der Waals surface area contributed by atoms with Crippen molar-refractivity contribution >= 4 is 11.6 Å².